The zero-order chi connectivity index (χ0) is 12.5. The van der Waals surface area contributed by atoms with Gasteiger partial charge in [0, 0.05) is 31.6 Å². The van der Waals surface area contributed by atoms with Crippen LogP contribution >= 0.6 is 0 Å². The van der Waals surface area contributed by atoms with E-state index in [-0.39, 0.29) is 11.7 Å². The summed E-state index contributed by atoms with van der Waals surface area (Å²) in [4.78, 5) is 13.5. The zero-order valence-corrected chi connectivity index (χ0v) is 11.2. The maximum atomic E-state index is 11.7. The largest absolute Gasteiger partial charge is 0.444 e. The number of amides is 1. The first-order chi connectivity index (χ1) is 7.94. The van der Waals surface area contributed by atoms with Gasteiger partial charge in [-0.2, -0.15) is 0 Å². The number of nitrogens with one attached hydrogen (secondary N) is 1. The van der Waals surface area contributed by atoms with Crippen molar-refractivity contribution < 1.29 is 9.53 Å². The highest BCUT2D eigenvalue weighted by molar-refractivity contribution is 5.69. The molecule has 2 fully saturated rings. The van der Waals surface area contributed by atoms with Crippen LogP contribution in [0.1, 0.15) is 40.0 Å². The van der Waals surface area contributed by atoms with Gasteiger partial charge in [0.15, 0.2) is 0 Å². The lowest BCUT2D eigenvalue weighted by Crippen LogP contribution is -2.55. The minimum absolute atomic E-state index is 0.169. The maximum Gasteiger partial charge on any atom is 0.410 e. The zero-order valence-electron chi connectivity index (χ0n) is 11.2. The normalized spacial score (nSPS) is 21.9. The van der Waals surface area contributed by atoms with Gasteiger partial charge in [0.2, 0.25) is 0 Å². The molecule has 0 radical (unpaired) electrons. The summed E-state index contributed by atoms with van der Waals surface area (Å²) in [6.07, 6.45) is 3.84. The van der Waals surface area contributed by atoms with Crippen LogP contribution in [0, 0.1) is 5.92 Å². The molecule has 0 aromatic heterocycles. The van der Waals surface area contributed by atoms with E-state index in [4.69, 9.17) is 4.74 Å². The van der Waals surface area contributed by atoms with Crippen molar-refractivity contribution in [3.63, 3.8) is 0 Å². The molecule has 0 aromatic carbocycles. The van der Waals surface area contributed by atoms with E-state index >= 15 is 0 Å². The smallest absolute Gasteiger partial charge is 0.410 e. The molecule has 2 aliphatic rings. The molecule has 0 bridgehead atoms. The summed E-state index contributed by atoms with van der Waals surface area (Å²) in [6, 6.07) is 0.741. The number of nitrogens with zero attached hydrogens (tertiary/aromatic N) is 1. The lowest BCUT2D eigenvalue weighted by molar-refractivity contribution is -0.00139. The van der Waals surface area contributed by atoms with Crippen LogP contribution in [0.4, 0.5) is 4.79 Å². The fourth-order valence-corrected chi connectivity index (χ4v) is 2.12. The Labute approximate surface area is 104 Å². The van der Waals surface area contributed by atoms with Crippen LogP contribution in [0.15, 0.2) is 0 Å². The van der Waals surface area contributed by atoms with Crippen LogP contribution in [0.5, 0.6) is 0 Å². The Bertz CT molecular complexity index is 276. The van der Waals surface area contributed by atoms with E-state index in [0.717, 1.165) is 25.7 Å². The summed E-state index contributed by atoms with van der Waals surface area (Å²) in [6.45, 7) is 8.44. The topological polar surface area (TPSA) is 41.6 Å². The molecule has 0 unspecified atom stereocenters. The number of hydrogen-bond acceptors (Lipinski definition) is 3. The third-order valence-corrected chi connectivity index (χ3v) is 3.41. The van der Waals surface area contributed by atoms with Crippen LogP contribution in [-0.4, -0.2) is 42.3 Å². The lowest BCUT2D eigenvalue weighted by atomic mass is 9.92. The second-order valence-electron chi connectivity index (χ2n) is 6.29. The molecule has 0 spiro atoms. The van der Waals surface area contributed by atoms with E-state index in [0.29, 0.717) is 5.92 Å². The van der Waals surface area contributed by atoms with Crippen LogP contribution in [0.25, 0.3) is 0 Å². The molecule has 1 N–H and O–H groups in total. The fraction of sp³-hybridized carbons (Fsp3) is 0.923. The van der Waals surface area contributed by atoms with Crippen molar-refractivity contribution in [3.05, 3.63) is 0 Å². The summed E-state index contributed by atoms with van der Waals surface area (Å²) < 4.78 is 5.31. The predicted octanol–water partition coefficient (Wildman–Crippen LogP) is 2.00. The van der Waals surface area contributed by atoms with Gasteiger partial charge >= 0.3 is 6.09 Å². The third kappa shape index (κ3) is 3.60. The number of carbonyl (C=O) groups excluding carboxylic acids is 1. The van der Waals surface area contributed by atoms with Crippen molar-refractivity contribution in [2.75, 3.05) is 19.6 Å². The molecule has 1 saturated carbocycles. The van der Waals surface area contributed by atoms with Gasteiger partial charge in [-0.15, -0.1) is 0 Å². The van der Waals surface area contributed by atoms with Gasteiger partial charge in [0.1, 0.15) is 5.60 Å². The Balaban J connectivity index is 1.59. The molecule has 0 aromatic rings. The molecule has 1 aliphatic carbocycles. The molecular weight excluding hydrogens is 216 g/mol. The van der Waals surface area contributed by atoms with Gasteiger partial charge in [-0.3, -0.25) is 0 Å². The lowest BCUT2D eigenvalue weighted by Gasteiger charge is -2.41. The number of carbonyl (C=O) groups is 1. The van der Waals surface area contributed by atoms with Crippen LogP contribution in [0.2, 0.25) is 0 Å². The summed E-state index contributed by atoms with van der Waals surface area (Å²) in [5.74, 6) is 0.614. The monoisotopic (exact) mass is 240 g/mol. The first kappa shape index (κ1) is 12.7. The van der Waals surface area contributed by atoms with E-state index in [2.05, 4.69) is 5.32 Å². The standard InChI is InChI=1S/C13H24N2O2/c1-13(2,3)17-12(16)15-8-10(9-15)7-14-11-5-4-6-11/h10-11,14H,4-9H2,1-3H3. The molecule has 4 nitrogen and oxygen atoms in total. The molecule has 17 heavy (non-hydrogen) atoms. The van der Waals surface area contributed by atoms with E-state index in [1.165, 1.54) is 19.3 Å². The summed E-state index contributed by atoms with van der Waals surface area (Å²) in [5.41, 5.74) is -0.383. The van der Waals surface area contributed by atoms with E-state index in [9.17, 15) is 4.79 Å². The van der Waals surface area contributed by atoms with Crippen molar-refractivity contribution in [2.45, 2.75) is 51.7 Å². The number of rotatable bonds is 3. The van der Waals surface area contributed by atoms with E-state index in [1.807, 2.05) is 20.8 Å². The van der Waals surface area contributed by atoms with Gasteiger partial charge in [-0.05, 0) is 33.6 Å². The maximum absolute atomic E-state index is 11.7. The predicted molar refractivity (Wildman–Crippen MR) is 66.9 cm³/mol. The molecule has 98 valence electrons. The average molecular weight is 240 g/mol. The van der Waals surface area contributed by atoms with Crippen LogP contribution in [0.3, 0.4) is 0 Å². The Morgan fingerprint density at radius 2 is 2.00 bits per heavy atom. The second-order valence-corrected chi connectivity index (χ2v) is 6.29. The molecule has 2 rings (SSSR count). The van der Waals surface area contributed by atoms with Crippen LogP contribution in [-0.2, 0) is 4.74 Å². The van der Waals surface area contributed by atoms with Gasteiger partial charge in [0.25, 0.3) is 0 Å². The highest BCUT2D eigenvalue weighted by Gasteiger charge is 2.33. The molecule has 1 saturated heterocycles. The third-order valence-electron chi connectivity index (χ3n) is 3.41. The van der Waals surface area contributed by atoms with Crippen molar-refractivity contribution in [3.8, 4) is 0 Å². The fourth-order valence-electron chi connectivity index (χ4n) is 2.12. The molecule has 0 atom stereocenters. The van der Waals surface area contributed by atoms with Crippen molar-refractivity contribution in [1.82, 2.24) is 10.2 Å². The van der Waals surface area contributed by atoms with E-state index < -0.39 is 0 Å². The number of likely N-dealkylation sites (tertiary alicyclic amines) is 1. The average Bonchev–Trinajstić information content (AvgIpc) is 2.01. The highest BCUT2D eigenvalue weighted by atomic mass is 16.6. The van der Waals surface area contributed by atoms with Crippen molar-refractivity contribution in [1.29, 1.82) is 0 Å². The molecule has 1 amide bonds. The Hall–Kier alpha value is -0.770. The quantitative estimate of drug-likeness (QED) is 0.820. The van der Waals surface area contributed by atoms with E-state index in [1.54, 1.807) is 4.90 Å². The summed E-state index contributed by atoms with van der Waals surface area (Å²) >= 11 is 0. The van der Waals surface area contributed by atoms with Gasteiger partial charge in [-0.25, -0.2) is 4.79 Å². The van der Waals surface area contributed by atoms with Gasteiger partial charge < -0.3 is 15.0 Å². The molecular formula is C13H24N2O2. The Morgan fingerprint density at radius 1 is 1.35 bits per heavy atom. The van der Waals surface area contributed by atoms with Crippen molar-refractivity contribution >= 4 is 6.09 Å². The Morgan fingerprint density at radius 3 is 2.47 bits per heavy atom. The second kappa shape index (κ2) is 4.84. The SMILES string of the molecule is CC(C)(C)OC(=O)N1CC(CNC2CCC2)C1. The molecule has 4 heteroatoms. The molecule has 1 heterocycles. The number of hydrogen-bond donors (Lipinski definition) is 1. The number of ether oxygens (including phenoxy) is 1. The van der Waals surface area contributed by atoms with Crippen LogP contribution < -0.4 is 5.32 Å². The molecule has 1 aliphatic heterocycles. The first-order valence-corrected chi connectivity index (χ1v) is 6.65. The minimum Gasteiger partial charge on any atom is -0.444 e. The summed E-state index contributed by atoms with van der Waals surface area (Å²) in [5, 5.41) is 3.55. The minimum atomic E-state index is -0.383. The Kier molecular flexibility index (Phi) is 3.61. The summed E-state index contributed by atoms with van der Waals surface area (Å²) in [7, 11) is 0. The van der Waals surface area contributed by atoms with Gasteiger partial charge in [-0.1, -0.05) is 6.42 Å². The van der Waals surface area contributed by atoms with Crippen molar-refractivity contribution in [2.24, 2.45) is 5.92 Å². The first-order valence-electron chi connectivity index (χ1n) is 6.65. The van der Waals surface area contributed by atoms with Gasteiger partial charge in [0.05, 0.1) is 0 Å². The highest BCUT2D eigenvalue weighted by Crippen LogP contribution is 2.21.